The first kappa shape index (κ1) is 12.3. The molecule has 6 heteroatoms. The van der Waals surface area contributed by atoms with Crippen molar-refractivity contribution < 1.29 is 15.0 Å². The monoisotopic (exact) mass is 300 g/mol. The van der Waals surface area contributed by atoms with E-state index in [1.807, 2.05) is 0 Å². The van der Waals surface area contributed by atoms with Crippen molar-refractivity contribution in [1.29, 1.82) is 0 Å². The molecule has 17 heavy (non-hydrogen) atoms. The van der Waals surface area contributed by atoms with Crippen LogP contribution in [0.15, 0.2) is 16.6 Å². The van der Waals surface area contributed by atoms with Gasteiger partial charge in [-0.2, -0.15) is 0 Å². The van der Waals surface area contributed by atoms with Crippen molar-refractivity contribution in [2.45, 2.75) is 6.04 Å². The molecule has 0 radical (unpaired) electrons. The lowest BCUT2D eigenvalue weighted by atomic mass is 10.0. The number of carbonyl (C=O) groups is 1. The summed E-state index contributed by atoms with van der Waals surface area (Å²) in [6.45, 7) is 2.33. The number of aromatic carboxylic acids is 1. The number of phenols is 1. The first-order valence-electron chi connectivity index (χ1n) is 5.29. The molecule has 5 nitrogen and oxygen atoms in total. The van der Waals surface area contributed by atoms with E-state index < -0.39 is 5.97 Å². The largest absolute Gasteiger partial charge is 0.507 e. The molecule has 1 aromatic rings. The predicted molar refractivity (Wildman–Crippen MR) is 66.4 cm³/mol. The number of halogens is 1. The Morgan fingerprint density at radius 3 is 2.76 bits per heavy atom. The summed E-state index contributed by atoms with van der Waals surface area (Å²) in [7, 11) is 0. The minimum absolute atomic E-state index is 0.0700. The van der Waals surface area contributed by atoms with Crippen LogP contribution in [0, 0.1) is 0 Å². The number of piperazine rings is 1. The van der Waals surface area contributed by atoms with E-state index in [9.17, 15) is 9.90 Å². The van der Waals surface area contributed by atoms with Crippen LogP contribution < -0.4 is 10.6 Å². The van der Waals surface area contributed by atoms with E-state index in [-0.39, 0.29) is 17.4 Å². The Labute approximate surface area is 107 Å². The van der Waals surface area contributed by atoms with Crippen LogP contribution in [-0.4, -0.2) is 35.8 Å². The lowest BCUT2D eigenvalue weighted by Gasteiger charge is -2.26. The second kappa shape index (κ2) is 5.03. The summed E-state index contributed by atoms with van der Waals surface area (Å²) >= 11 is 3.26. The van der Waals surface area contributed by atoms with Gasteiger partial charge in [0.05, 0.1) is 0 Å². The normalized spacial score (nSPS) is 20.2. The van der Waals surface area contributed by atoms with E-state index >= 15 is 0 Å². The molecule has 2 rings (SSSR count). The number of nitrogens with one attached hydrogen (secondary N) is 2. The van der Waals surface area contributed by atoms with Gasteiger partial charge in [-0.05, 0) is 12.1 Å². The summed E-state index contributed by atoms with van der Waals surface area (Å²) in [6, 6.07) is 3.07. The Hall–Kier alpha value is -1.11. The van der Waals surface area contributed by atoms with Crippen LogP contribution in [0.5, 0.6) is 5.75 Å². The number of hydrogen-bond acceptors (Lipinski definition) is 4. The van der Waals surface area contributed by atoms with Crippen LogP contribution >= 0.6 is 15.9 Å². The predicted octanol–water partition coefficient (Wildman–Crippen LogP) is 1.09. The van der Waals surface area contributed by atoms with E-state index in [2.05, 4.69) is 26.6 Å². The van der Waals surface area contributed by atoms with Gasteiger partial charge in [-0.1, -0.05) is 15.9 Å². The molecule has 1 heterocycles. The third-order valence-electron chi connectivity index (χ3n) is 2.75. The second-order valence-corrected chi connectivity index (χ2v) is 4.82. The van der Waals surface area contributed by atoms with Gasteiger partial charge in [0.1, 0.15) is 11.3 Å². The van der Waals surface area contributed by atoms with Gasteiger partial charge < -0.3 is 20.8 Å². The summed E-state index contributed by atoms with van der Waals surface area (Å²) in [4.78, 5) is 11.0. The zero-order valence-electron chi connectivity index (χ0n) is 9.03. The fraction of sp³-hybridized carbons (Fsp3) is 0.364. The minimum atomic E-state index is -1.13. The number of rotatable bonds is 2. The summed E-state index contributed by atoms with van der Waals surface area (Å²) < 4.78 is 0.648. The van der Waals surface area contributed by atoms with Gasteiger partial charge in [-0.25, -0.2) is 4.79 Å². The van der Waals surface area contributed by atoms with Crippen LogP contribution in [0.1, 0.15) is 22.0 Å². The van der Waals surface area contributed by atoms with Crippen molar-refractivity contribution in [1.82, 2.24) is 10.6 Å². The van der Waals surface area contributed by atoms with Crippen molar-refractivity contribution in [2.24, 2.45) is 0 Å². The van der Waals surface area contributed by atoms with Gasteiger partial charge in [-0.15, -0.1) is 0 Å². The topological polar surface area (TPSA) is 81.6 Å². The van der Waals surface area contributed by atoms with Crippen molar-refractivity contribution in [3.8, 4) is 5.75 Å². The lowest BCUT2D eigenvalue weighted by molar-refractivity contribution is 0.0693. The molecule has 0 aromatic heterocycles. The molecule has 0 saturated carbocycles. The van der Waals surface area contributed by atoms with E-state index in [1.165, 1.54) is 6.07 Å². The number of carboxylic acids is 1. The minimum Gasteiger partial charge on any atom is -0.507 e. The highest BCUT2D eigenvalue weighted by Crippen LogP contribution is 2.32. The molecule has 1 fully saturated rings. The van der Waals surface area contributed by atoms with E-state index in [4.69, 9.17) is 5.11 Å². The molecule has 1 saturated heterocycles. The molecule has 1 aliphatic heterocycles. The van der Waals surface area contributed by atoms with Crippen LogP contribution in [0.3, 0.4) is 0 Å². The molecule has 0 spiro atoms. The van der Waals surface area contributed by atoms with Gasteiger partial charge in [0.25, 0.3) is 0 Å². The average molecular weight is 301 g/mol. The van der Waals surface area contributed by atoms with Crippen molar-refractivity contribution in [3.05, 3.63) is 27.7 Å². The molecule has 1 atom stereocenters. The molecule has 4 N–H and O–H groups in total. The number of carboxylic acid groups (broad SMARTS) is 1. The third-order valence-corrected chi connectivity index (χ3v) is 3.21. The van der Waals surface area contributed by atoms with Crippen molar-refractivity contribution in [2.75, 3.05) is 19.6 Å². The Balaban J connectivity index is 2.41. The SMILES string of the molecule is O=C(O)c1cc(Br)cc([C@H]2CNCCN2)c1O. The summed E-state index contributed by atoms with van der Waals surface area (Å²) in [5, 5.41) is 25.4. The zero-order valence-corrected chi connectivity index (χ0v) is 10.6. The number of aromatic hydroxyl groups is 1. The Bertz CT molecular complexity index is 445. The standard InChI is InChI=1S/C11H13BrN2O3/c12-6-3-7(9-5-13-1-2-14-9)10(15)8(4-6)11(16)17/h3-4,9,13-15H,1-2,5H2,(H,16,17)/t9-/m1/s1. The second-order valence-electron chi connectivity index (χ2n) is 3.91. The molecule has 0 bridgehead atoms. The maximum Gasteiger partial charge on any atom is 0.339 e. The molecule has 0 aliphatic carbocycles. The average Bonchev–Trinajstić information content (AvgIpc) is 2.32. The van der Waals surface area contributed by atoms with Crippen LogP contribution in [0.2, 0.25) is 0 Å². The third kappa shape index (κ3) is 2.59. The molecular formula is C11H13BrN2O3. The quantitative estimate of drug-likeness (QED) is 0.657. The highest BCUT2D eigenvalue weighted by atomic mass is 79.9. The van der Waals surface area contributed by atoms with Crippen molar-refractivity contribution >= 4 is 21.9 Å². The van der Waals surface area contributed by atoms with Gasteiger partial charge >= 0.3 is 5.97 Å². The van der Waals surface area contributed by atoms with Crippen LogP contribution in [-0.2, 0) is 0 Å². The lowest BCUT2D eigenvalue weighted by Crippen LogP contribution is -2.42. The highest BCUT2D eigenvalue weighted by Gasteiger charge is 2.22. The number of hydrogen-bond donors (Lipinski definition) is 4. The highest BCUT2D eigenvalue weighted by molar-refractivity contribution is 9.10. The van der Waals surface area contributed by atoms with Crippen LogP contribution in [0.4, 0.5) is 0 Å². The molecule has 1 aliphatic rings. The first-order valence-corrected chi connectivity index (χ1v) is 6.08. The first-order chi connectivity index (χ1) is 8.09. The fourth-order valence-corrected chi connectivity index (χ4v) is 2.40. The van der Waals surface area contributed by atoms with E-state index in [0.29, 0.717) is 16.6 Å². The molecular weight excluding hydrogens is 288 g/mol. The molecule has 1 aromatic carbocycles. The summed E-state index contributed by atoms with van der Waals surface area (Å²) in [5.74, 6) is -1.30. The molecule has 0 amide bonds. The molecule has 0 unspecified atom stereocenters. The van der Waals surface area contributed by atoms with Gasteiger partial charge in [0, 0.05) is 35.7 Å². The maximum atomic E-state index is 11.0. The Morgan fingerprint density at radius 2 is 2.18 bits per heavy atom. The van der Waals surface area contributed by atoms with E-state index in [0.717, 1.165) is 13.1 Å². The number of benzene rings is 1. The van der Waals surface area contributed by atoms with Gasteiger partial charge in [0.15, 0.2) is 0 Å². The van der Waals surface area contributed by atoms with E-state index in [1.54, 1.807) is 6.07 Å². The maximum absolute atomic E-state index is 11.0. The molecule has 92 valence electrons. The summed E-state index contributed by atoms with van der Waals surface area (Å²) in [6.07, 6.45) is 0. The Kier molecular flexibility index (Phi) is 3.66. The smallest absolute Gasteiger partial charge is 0.339 e. The van der Waals surface area contributed by atoms with Crippen LogP contribution in [0.25, 0.3) is 0 Å². The van der Waals surface area contributed by atoms with Gasteiger partial charge in [-0.3, -0.25) is 0 Å². The fourth-order valence-electron chi connectivity index (χ4n) is 1.92. The zero-order chi connectivity index (χ0) is 12.4. The summed E-state index contributed by atoms with van der Waals surface area (Å²) in [5.41, 5.74) is 0.519. The van der Waals surface area contributed by atoms with Crippen molar-refractivity contribution in [3.63, 3.8) is 0 Å². The van der Waals surface area contributed by atoms with Gasteiger partial charge in [0.2, 0.25) is 0 Å². The Morgan fingerprint density at radius 1 is 1.41 bits per heavy atom.